The summed E-state index contributed by atoms with van der Waals surface area (Å²) in [5.74, 6) is 0. The molecule has 3 unspecified atom stereocenters. The summed E-state index contributed by atoms with van der Waals surface area (Å²) in [5, 5.41) is 3.71. The van der Waals surface area contributed by atoms with Crippen LogP contribution in [0.4, 0.5) is 0 Å². The monoisotopic (exact) mass is 242 g/mol. The van der Waals surface area contributed by atoms with E-state index in [4.69, 9.17) is 4.74 Å². The molecular weight excluding hydrogens is 212 g/mol. The second-order valence-corrected chi connectivity index (χ2v) is 5.32. The molecule has 0 spiro atoms. The third kappa shape index (κ3) is 5.84. The Labute approximate surface area is 107 Å². The molecule has 17 heavy (non-hydrogen) atoms. The van der Waals surface area contributed by atoms with E-state index < -0.39 is 0 Å². The van der Waals surface area contributed by atoms with Gasteiger partial charge in [-0.3, -0.25) is 0 Å². The lowest BCUT2D eigenvalue weighted by atomic mass is 10.1. The Morgan fingerprint density at radius 1 is 1.29 bits per heavy atom. The molecule has 3 heteroatoms. The molecule has 0 aliphatic carbocycles. The smallest absolute Gasteiger partial charge is 0.0673 e. The SMILES string of the molecule is CCOC(C)CN1CCC(C)NC(CC)CC1. The number of hydrogen-bond acceptors (Lipinski definition) is 3. The van der Waals surface area contributed by atoms with Gasteiger partial charge in [-0.15, -0.1) is 0 Å². The second kappa shape index (κ2) is 8.06. The molecule has 1 aliphatic rings. The molecule has 1 fully saturated rings. The highest BCUT2D eigenvalue weighted by atomic mass is 16.5. The molecule has 0 bridgehead atoms. The summed E-state index contributed by atoms with van der Waals surface area (Å²) in [5.41, 5.74) is 0. The number of nitrogens with one attached hydrogen (secondary N) is 1. The van der Waals surface area contributed by atoms with E-state index in [1.54, 1.807) is 0 Å². The largest absolute Gasteiger partial charge is 0.377 e. The van der Waals surface area contributed by atoms with E-state index >= 15 is 0 Å². The predicted molar refractivity (Wildman–Crippen MR) is 73.4 cm³/mol. The van der Waals surface area contributed by atoms with Crippen LogP contribution in [0.5, 0.6) is 0 Å². The van der Waals surface area contributed by atoms with Gasteiger partial charge in [0.15, 0.2) is 0 Å². The molecule has 102 valence electrons. The van der Waals surface area contributed by atoms with Gasteiger partial charge >= 0.3 is 0 Å². The Hall–Kier alpha value is -0.120. The van der Waals surface area contributed by atoms with Crippen molar-refractivity contribution in [2.75, 3.05) is 26.2 Å². The van der Waals surface area contributed by atoms with Crippen LogP contribution in [0.1, 0.15) is 47.0 Å². The van der Waals surface area contributed by atoms with Crippen molar-refractivity contribution in [2.45, 2.75) is 65.1 Å². The molecule has 0 aromatic carbocycles. The molecule has 1 heterocycles. The molecule has 1 aliphatic heterocycles. The zero-order valence-electron chi connectivity index (χ0n) is 12.0. The van der Waals surface area contributed by atoms with Crippen molar-refractivity contribution in [3.63, 3.8) is 0 Å². The fourth-order valence-electron chi connectivity index (χ4n) is 2.60. The predicted octanol–water partition coefficient (Wildman–Crippen LogP) is 2.26. The summed E-state index contributed by atoms with van der Waals surface area (Å²) in [4.78, 5) is 2.57. The second-order valence-electron chi connectivity index (χ2n) is 5.32. The average Bonchev–Trinajstić information content (AvgIpc) is 2.28. The van der Waals surface area contributed by atoms with E-state index in [1.807, 2.05) is 0 Å². The third-order valence-electron chi connectivity index (χ3n) is 3.65. The van der Waals surface area contributed by atoms with Crippen LogP contribution in [0.15, 0.2) is 0 Å². The highest BCUT2D eigenvalue weighted by Gasteiger charge is 2.18. The summed E-state index contributed by atoms with van der Waals surface area (Å²) in [7, 11) is 0. The van der Waals surface area contributed by atoms with Gasteiger partial charge in [0, 0.05) is 25.2 Å². The minimum Gasteiger partial charge on any atom is -0.377 e. The Morgan fingerprint density at radius 3 is 2.65 bits per heavy atom. The van der Waals surface area contributed by atoms with E-state index in [1.165, 1.54) is 32.4 Å². The lowest BCUT2D eigenvalue weighted by Crippen LogP contribution is -2.45. The maximum Gasteiger partial charge on any atom is 0.0673 e. The molecule has 0 aromatic heterocycles. The fourth-order valence-corrected chi connectivity index (χ4v) is 2.60. The van der Waals surface area contributed by atoms with Crippen LogP contribution < -0.4 is 5.32 Å². The standard InChI is InChI=1S/C14H30N2O/c1-5-14-8-10-16(9-7-12(3)15-14)11-13(4)17-6-2/h12-15H,5-11H2,1-4H3. The van der Waals surface area contributed by atoms with Gasteiger partial charge in [0.25, 0.3) is 0 Å². The fraction of sp³-hybridized carbons (Fsp3) is 1.00. The lowest BCUT2D eigenvalue weighted by Gasteiger charge is -2.33. The molecule has 3 nitrogen and oxygen atoms in total. The molecule has 1 saturated heterocycles. The molecule has 0 amide bonds. The van der Waals surface area contributed by atoms with Crippen molar-refractivity contribution in [3.8, 4) is 0 Å². The Morgan fingerprint density at radius 2 is 2.00 bits per heavy atom. The van der Waals surface area contributed by atoms with Gasteiger partial charge in [-0.05, 0) is 53.1 Å². The van der Waals surface area contributed by atoms with Crippen molar-refractivity contribution >= 4 is 0 Å². The zero-order valence-corrected chi connectivity index (χ0v) is 12.0. The van der Waals surface area contributed by atoms with E-state index in [0.717, 1.165) is 13.2 Å². The molecule has 0 radical (unpaired) electrons. The van der Waals surface area contributed by atoms with Crippen molar-refractivity contribution < 1.29 is 4.74 Å². The van der Waals surface area contributed by atoms with Crippen LogP contribution in [0.25, 0.3) is 0 Å². The van der Waals surface area contributed by atoms with Gasteiger partial charge in [-0.2, -0.15) is 0 Å². The third-order valence-corrected chi connectivity index (χ3v) is 3.65. The van der Waals surface area contributed by atoms with Gasteiger partial charge in [-0.1, -0.05) is 6.92 Å². The van der Waals surface area contributed by atoms with Crippen LogP contribution in [0.2, 0.25) is 0 Å². The maximum absolute atomic E-state index is 5.64. The van der Waals surface area contributed by atoms with Crippen molar-refractivity contribution in [3.05, 3.63) is 0 Å². The molecule has 0 aromatic rings. The summed E-state index contributed by atoms with van der Waals surface area (Å²) in [6, 6.07) is 1.33. The first kappa shape index (κ1) is 14.9. The van der Waals surface area contributed by atoms with Gasteiger partial charge in [0.1, 0.15) is 0 Å². The highest BCUT2D eigenvalue weighted by molar-refractivity contribution is 4.77. The van der Waals surface area contributed by atoms with Gasteiger partial charge in [0.2, 0.25) is 0 Å². The van der Waals surface area contributed by atoms with E-state index in [-0.39, 0.29) is 0 Å². The number of rotatable bonds is 5. The first-order chi connectivity index (χ1) is 8.15. The van der Waals surface area contributed by atoms with Gasteiger partial charge in [0.05, 0.1) is 6.10 Å². The average molecular weight is 242 g/mol. The van der Waals surface area contributed by atoms with E-state index in [0.29, 0.717) is 18.2 Å². The molecule has 0 saturated carbocycles. The van der Waals surface area contributed by atoms with Crippen molar-refractivity contribution in [1.29, 1.82) is 0 Å². The molecule has 1 N–H and O–H groups in total. The summed E-state index contributed by atoms with van der Waals surface area (Å²) >= 11 is 0. The number of nitrogens with zero attached hydrogens (tertiary/aromatic N) is 1. The summed E-state index contributed by atoms with van der Waals surface area (Å²) < 4.78 is 5.64. The van der Waals surface area contributed by atoms with Gasteiger partial charge < -0.3 is 15.0 Å². The van der Waals surface area contributed by atoms with Crippen LogP contribution in [0.3, 0.4) is 0 Å². The van der Waals surface area contributed by atoms with Crippen LogP contribution >= 0.6 is 0 Å². The Kier molecular flexibility index (Phi) is 7.09. The van der Waals surface area contributed by atoms with Crippen LogP contribution in [0, 0.1) is 0 Å². The van der Waals surface area contributed by atoms with E-state index in [9.17, 15) is 0 Å². The first-order valence-corrected chi connectivity index (χ1v) is 7.25. The quantitative estimate of drug-likeness (QED) is 0.800. The normalized spacial score (nSPS) is 29.6. The highest BCUT2D eigenvalue weighted by Crippen LogP contribution is 2.10. The molecule has 3 atom stereocenters. The van der Waals surface area contributed by atoms with Crippen LogP contribution in [-0.2, 0) is 4.74 Å². The zero-order chi connectivity index (χ0) is 12.7. The maximum atomic E-state index is 5.64. The topological polar surface area (TPSA) is 24.5 Å². The molecular formula is C14H30N2O. The number of hydrogen-bond donors (Lipinski definition) is 1. The van der Waals surface area contributed by atoms with Crippen LogP contribution in [-0.4, -0.2) is 49.3 Å². The van der Waals surface area contributed by atoms with Crippen molar-refractivity contribution in [2.24, 2.45) is 0 Å². The first-order valence-electron chi connectivity index (χ1n) is 7.25. The Balaban J connectivity index is 2.38. The Bertz CT molecular complexity index is 199. The number of ether oxygens (including phenoxy) is 1. The molecule has 1 rings (SSSR count). The van der Waals surface area contributed by atoms with Crippen molar-refractivity contribution in [1.82, 2.24) is 10.2 Å². The minimum atomic E-state index is 0.364. The summed E-state index contributed by atoms with van der Waals surface area (Å²) in [6.07, 6.45) is 4.11. The summed E-state index contributed by atoms with van der Waals surface area (Å²) in [6.45, 7) is 13.1. The lowest BCUT2D eigenvalue weighted by molar-refractivity contribution is 0.0415. The van der Waals surface area contributed by atoms with E-state index in [2.05, 4.69) is 37.9 Å². The van der Waals surface area contributed by atoms with Gasteiger partial charge in [-0.25, -0.2) is 0 Å². The minimum absolute atomic E-state index is 0.364.